The van der Waals surface area contributed by atoms with E-state index in [1.807, 2.05) is 56.3 Å². The molecule has 0 fully saturated rings. The molecule has 2 N–H and O–H groups in total. The average Bonchev–Trinajstić information content (AvgIpc) is 2.74. The van der Waals surface area contributed by atoms with Gasteiger partial charge in [-0.05, 0) is 50.1 Å². The van der Waals surface area contributed by atoms with E-state index in [4.69, 9.17) is 4.98 Å². The van der Waals surface area contributed by atoms with Crippen LogP contribution < -0.4 is 10.9 Å². The van der Waals surface area contributed by atoms with Crippen molar-refractivity contribution in [1.29, 1.82) is 0 Å². The van der Waals surface area contributed by atoms with E-state index in [9.17, 15) is 4.79 Å². The first-order valence-electron chi connectivity index (χ1n) is 10.0. The first-order valence-corrected chi connectivity index (χ1v) is 10.0. The van der Waals surface area contributed by atoms with Crippen LogP contribution in [0.4, 0.5) is 0 Å². The molecule has 0 spiro atoms. The third kappa shape index (κ3) is 3.84. The number of aryl methyl sites for hydroxylation is 2. The number of hydrogen-bond acceptors (Lipinski definition) is 2. The third-order valence-corrected chi connectivity index (χ3v) is 5.36. The number of aromatic nitrogens is 2. The normalized spacial score (nSPS) is 12.2. The van der Waals surface area contributed by atoms with Crippen LogP contribution in [-0.4, -0.2) is 9.55 Å². The molecule has 4 heteroatoms. The van der Waals surface area contributed by atoms with Crippen LogP contribution in [0.15, 0.2) is 77.6 Å². The van der Waals surface area contributed by atoms with E-state index in [-0.39, 0.29) is 11.6 Å². The molecule has 0 aliphatic carbocycles. The summed E-state index contributed by atoms with van der Waals surface area (Å²) >= 11 is 0. The fraction of sp³-hybridized carbons (Fsp3) is 0.200. The highest BCUT2D eigenvalue weighted by atomic mass is 16.1. The van der Waals surface area contributed by atoms with Gasteiger partial charge in [-0.25, -0.2) is 4.98 Å². The van der Waals surface area contributed by atoms with Gasteiger partial charge < -0.3 is 5.32 Å². The van der Waals surface area contributed by atoms with E-state index in [0.717, 1.165) is 34.7 Å². The van der Waals surface area contributed by atoms with Crippen molar-refractivity contribution in [3.8, 4) is 5.69 Å². The van der Waals surface area contributed by atoms with Gasteiger partial charge in [-0.2, -0.15) is 0 Å². The molecule has 146 valence electrons. The Bertz CT molecular complexity index is 1210. The quantitative estimate of drug-likeness (QED) is 0.569. The van der Waals surface area contributed by atoms with Crippen molar-refractivity contribution in [3.63, 3.8) is 0 Å². The van der Waals surface area contributed by atoms with Gasteiger partial charge in [0.15, 0.2) is 5.82 Å². The van der Waals surface area contributed by atoms with Crippen LogP contribution in [0.3, 0.4) is 0 Å². The molecule has 0 aliphatic heterocycles. The van der Waals surface area contributed by atoms with Crippen molar-refractivity contribution in [2.45, 2.75) is 33.4 Å². The Labute approximate surface area is 170 Å². The first kappa shape index (κ1) is 19.1. The van der Waals surface area contributed by atoms with Gasteiger partial charge in [0, 0.05) is 5.56 Å². The summed E-state index contributed by atoms with van der Waals surface area (Å²) in [5, 5.41) is 2.88. The van der Waals surface area contributed by atoms with Crippen molar-refractivity contribution in [3.05, 3.63) is 106 Å². The second kappa shape index (κ2) is 8.02. The minimum absolute atomic E-state index is 0.0146. The monoisotopic (exact) mass is 384 g/mol. The van der Waals surface area contributed by atoms with Crippen LogP contribution in [0.25, 0.3) is 16.6 Å². The smallest absolute Gasteiger partial charge is 0.266 e. The van der Waals surface area contributed by atoms with E-state index in [0.29, 0.717) is 5.39 Å². The number of benzene rings is 3. The summed E-state index contributed by atoms with van der Waals surface area (Å²) in [6.07, 6.45) is 0. The minimum Gasteiger partial charge on any atom is -0.334 e. The van der Waals surface area contributed by atoms with Crippen LogP contribution >= 0.6 is 0 Å². The number of hydrogen-bond donors (Lipinski definition) is 1. The van der Waals surface area contributed by atoms with E-state index >= 15 is 0 Å². The molecule has 1 atom stereocenters. The summed E-state index contributed by atoms with van der Waals surface area (Å²) in [4.78, 5) is 18.4. The molecular formula is C25H26N3O+. The van der Waals surface area contributed by atoms with Gasteiger partial charge >= 0.3 is 0 Å². The largest absolute Gasteiger partial charge is 0.334 e. The zero-order valence-electron chi connectivity index (χ0n) is 17.1. The number of nitrogens with zero attached hydrogens (tertiary/aromatic N) is 2. The predicted octanol–water partition coefficient (Wildman–Crippen LogP) is 3.83. The van der Waals surface area contributed by atoms with Crippen molar-refractivity contribution in [2.24, 2.45) is 0 Å². The third-order valence-electron chi connectivity index (χ3n) is 5.36. The highest BCUT2D eigenvalue weighted by Gasteiger charge is 2.21. The molecule has 0 saturated heterocycles. The second-order valence-electron chi connectivity index (χ2n) is 7.63. The Morgan fingerprint density at radius 3 is 2.48 bits per heavy atom. The topological polar surface area (TPSA) is 51.5 Å². The molecular weight excluding hydrogens is 358 g/mol. The van der Waals surface area contributed by atoms with Gasteiger partial charge in [0.2, 0.25) is 0 Å². The van der Waals surface area contributed by atoms with E-state index in [1.165, 1.54) is 5.56 Å². The predicted molar refractivity (Wildman–Crippen MR) is 117 cm³/mol. The minimum atomic E-state index is -0.0146. The number of rotatable bonds is 5. The van der Waals surface area contributed by atoms with E-state index < -0.39 is 0 Å². The average molecular weight is 385 g/mol. The van der Waals surface area contributed by atoms with Crippen molar-refractivity contribution < 1.29 is 5.32 Å². The Balaban J connectivity index is 1.85. The van der Waals surface area contributed by atoms with Crippen LogP contribution in [0.2, 0.25) is 0 Å². The molecule has 4 rings (SSSR count). The van der Waals surface area contributed by atoms with E-state index in [1.54, 1.807) is 4.57 Å². The molecule has 0 bridgehead atoms. The molecule has 1 aromatic heterocycles. The van der Waals surface area contributed by atoms with Gasteiger partial charge in [0.25, 0.3) is 5.56 Å². The molecule has 29 heavy (non-hydrogen) atoms. The summed E-state index contributed by atoms with van der Waals surface area (Å²) in [6.45, 7) is 7.03. The van der Waals surface area contributed by atoms with Crippen LogP contribution in [0, 0.1) is 13.8 Å². The number of para-hydroxylation sites is 1. The summed E-state index contributed by atoms with van der Waals surface area (Å²) in [5.74, 6) is 0.776. The zero-order chi connectivity index (χ0) is 20.4. The maximum Gasteiger partial charge on any atom is 0.266 e. The maximum atomic E-state index is 13.5. The van der Waals surface area contributed by atoms with Crippen LogP contribution in [-0.2, 0) is 6.54 Å². The highest BCUT2D eigenvalue weighted by molar-refractivity contribution is 5.78. The van der Waals surface area contributed by atoms with E-state index in [2.05, 4.69) is 42.6 Å². The Morgan fingerprint density at radius 1 is 0.966 bits per heavy atom. The van der Waals surface area contributed by atoms with Gasteiger partial charge in [0.05, 0.1) is 16.6 Å². The van der Waals surface area contributed by atoms with Gasteiger partial charge in [-0.1, -0.05) is 54.6 Å². The summed E-state index contributed by atoms with van der Waals surface area (Å²) < 4.78 is 1.80. The highest BCUT2D eigenvalue weighted by Crippen LogP contribution is 2.20. The number of fused-ring (bicyclic) bond motifs is 1. The number of nitrogens with two attached hydrogens (primary N) is 1. The first-order chi connectivity index (χ1) is 14.0. The zero-order valence-corrected chi connectivity index (χ0v) is 17.1. The number of quaternary nitrogens is 1. The fourth-order valence-electron chi connectivity index (χ4n) is 3.68. The summed E-state index contributed by atoms with van der Waals surface area (Å²) in [7, 11) is 0. The van der Waals surface area contributed by atoms with Gasteiger partial charge in [0.1, 0.15) is 12.6 Å². The second-order valence-corrected chi connectivity index (χ2v) is 7.63. The van der Waals surface area contributed by atoms with Crippen LogP contribution in [0.5, 0.6) is 0 Å². The Kier molecular flexibility index (Phi) is 5.28. The van der Waals surface area contributed by atoms with Gasteiger partial charge in [-0.3, -0.25) is 9.36 Å². The van der Waals surface area contributed by atoms with Crippen molar-refractivity contribution in [1.82, 2.24) is 9.55 Å². The maximum absolute atomic E-state index is 13.5. The lowest BCUT2D eigenvalue weighted by molar-refractivity contribution is -0.709. The Hall–Kier alpha value is -3.24. The van der Waals surface area contributed by atoms with Crippen molar-refractivity contribution in [2.75, 3.05) is 0 Å². The molecule has 0 unspecified atom stereocenters. The summed E-state index contributed by atoms with van der Waals surface area (Å²) in [5.41, 5.74) is 5.07. The molecule has 0 radical (unpaired) electrons. The standard InChI is InChI=1S/C25H25N3O/c1-17-13-14-18(2)23(15-17)28-24(19(3)26-16-20-9-5-4-6-10-20)27-22-12-8-7-11-21(22)25(28)29/h4-15,19,26H,16H2,1-3H3/p+1/t19-/m1/s1. The lowest BCUT2D eigenvalue weighted by Gasteiger charge is -2.19. The van der Waals surface area contributed by atoms with Crippen LogP contribution in [0.1, 0.15) is 35.5 Å². The fourth-order valence-corrected chi connectivity index (χ4v) is 3.68. The molecule has 3 aromatic carbocycles. The molecule has 0 aliphatic rings. The summed E-state index contributed by atoms with van der Waals surface area (Å²) in [6, 6.07) is 24.2. The van der Waals surface area contributed by atoms with Gasteiger partial charge in [-0.15, -0.1) is 0 Å². The molecule has 4 nitrogen and oxygen atoms in total. The molecule has 0 amide bonds. The molecule has 0 saturated carbocycles. The Morgan fingerprint density at radius 2 is 1.69 bits per heavy atom. The SMILES string of the molecule is Cc1ccc(C)c(-n2c([C@@H](C)[NH2+]Cc3ccccc3)nc3ccccc3c2=O)c1. The molecule has 4 aromatic rings. The van der Waals surface area contributed by atoms with Crippen molar-refractivity contribution >= 4 is 10.9 Å². The lowest BCUT2D eigenvalue weighted by Crippen LogP contribution is -2.83. The molecule has 1 heterocycles. The lowest BCUT2D eigenvalue weighted by atomic mass is 10.1.